The minimum Gasteiger partial charge on any atom is -0.348 e. The maximum absolute atomic E-state index is 12.6. The van der Waals surface area contributed by atoms with Crippen molar-refractivity contribution < 1.29 is 0 Å². The Bertz CT molecular complexity index is 968. The van der Waals surface area contributed by atoms with Gasteiger partial charge in [-0.15, -0.1) is 0 Å². The van der Waals surface area contributed by atoms with Crippen LogP contribution in [0.1, 0.15) is 54.6 Å². The summed E-state index contributed by atoms with van der Waals surface area (Å²) in [6.45, 7) is 1.82. The molecule has 0 amide bonds. The number of anilines is 2. The minimum atomic E-state index is -0.0636. The molecule has 1 spiro atoms. The molecule has 1 saturated heterocycles. The van der Waals surface area contributed by atoms with E-state index in [1.54, 1.807) is 0 Å². The molecule has 7 nitrogen and oxygen atoms in total. The van der Waals surface area contributed by atoms with E-state index in [0.29, 0.717) is 5.95 Å². The molecular weight excluding hydrogens is 352 g/mol. The molecule has 148 valence electrons. The lowest BCUT2D eigenvalue weighted by atomic mass is 9.77. The van der Waals surface area contributed by atoms with Gasteiger partial charge in [0, 0.05) is 50.1 Å². The fourth-order valence-electron chi connectivity index (χ4n) is 5.17. The van der Waals surface area contributed by atoms with Gasteiger partial charge in [0.25, 0.3) is 5.56 Å². The summed E-state index contributed by atoms with van der Waals surface area (Å²) in [6.07, 6.45) is 10.6. The molecule has 1 atom stereocenters. The minimum absolute atomic E-state index is 0.0210. The van der Waals surface area contributed by atoms with Gasteiger partial charge in [0.1, 0.15) is 0 Å². The summed E-state index contributed by atoms with van der Waals surface area (Å²) >= 11 is 0. The van der Waals surface area contributed by atoms with Crippen LogP contribution >= 0.6 is 0 Å². The lowest BCUT2D eigenvalue weighted by molar-refractivity contribution is 0.331. The number of hydrogen-bond acceptors (Lipinski definition) is 6. The maximum Gasteiger partial charge on any atom is 0.255 e. The van der Waals surface area contributed by atoms with Gasteiger partial charge in [0.05, 0.1) is 5.69 Å². The van der Waals surface area contributed by atoms with Crippen molar-refractivity contribution in [2.45, 2.75) is 56.8 Å². The van der Waals surface area contributed by atoms with Gasteiger partial charge < -0.3 is 9.80 Å². The van der Waals surface area contributed by atoms with Crippen molar-refractivity contribution >= 4 is 11.9 Å². The zero-order chi connectivity index (χ0) is 19.3. The lowest BCUT2D eigenvalue weighted by Crippen LogP contribution is -2.46. The van der Waals surface area contributed by atoms with Crippen LogP contribution in [0.4, 0.5) is 11.9 Å². The number of aromatic nitrogens is 4. The summed E-state index contributed by atoms with van der Waals surface area (Å²) in [5, 5.41) is 0. The van der Waals surface area contributed by atoms with E-state index in [9.17, 15) is 4.79 Å². The van der Waals surface area contributed by atoms with Crippen molar-refractivity contribution in [3.05, 3.63) is 39.1 Å². The molecule has 2 aromatic rings. The molecule has 1 aliphatic heterocycles. The predicted octanol–water partition coefficient (Wildman–Crippen LogP) is 1.99. The van der Waals surface area contributed by atoms with Crippen molar-refractivity contribution in [2.75, 3.05) is 37.0 Å². The number of aromatic amines is 1. The second-order valence-corrected chi connectivity index (χ2v) is 8.77. The Morgan fingerprint density at radius 2 is 1.96 bits per heavy atom. The van der Waals surface area contributed by atoms with E-state index in [1.165, 1.54) is 24.1 Å². The second kappa shape index (κ2) is 6.57. The van der Waals surface area contributed by atoms with Crippen LogP contribution in [0.15, 0.2) is 11.0 Å². The van der Waals surface area contributed by atoms with E-state index in [2.05, 4.69) is 9.88 Å². The van der Waals surface area contributed by atoms with Crippen molar-refractivity contribution in [2.24, 2.45) is 0 Å². The van der Waals surface area contributed by atoms with Crippen molar-refractivity contribution in [3.8, 4) is 0 Å². The lowest BCUT2D eigenvalue weighted by Gasteiger charge is -2.40. The van der Waals surface area contributed by atoms with Gasteiger partial charge in [-0.3, -0.25) is 9.78 Å². The maximum atomic E-state index is 12.6. The monoisotopic (exact) mass is 380 g/mol. The Kier molecular flexibility index (Phi) is 4.14. The Hall–Kier alpha value is -2.44. The summed E-state index contributed by atoms with van der Waals surface area (Å²) in [6, 6.07) is 0. The van der Waals surface area contributed by atoms with Crippen LogP contribution in [-0.4, -0.2) is 47.1 Å². The average molecular weight is 380 g/mol. The van der Waals surface area contributed by atoms with Crippen LogP contribution in [0.2, 0.25) is 0 Å². The number of rotatable bonds is 2. The first kappa shape index (κ1) is 17.6. The third-order valence-electron chi connectivity index (χ3n) is 6.69. The highest BCUT2D eigenvalue weighted by atomic mass is 16.1. The van der Waals surface area contributed by atoms with Crippen molar-refractivity contribution in [1.82, 2.24) is 19.9 Å². The van der Waals surface area contributed by atoms with Gasteiger partial charge in [0.15, 0.2) is 0 Å². The van der Waals surface area contributed by atoms with Crippen LogP contribution in [0.25, 0.3) is 0 Å². The Morgan fingerprint density at radius 1 is 1.11 bits per heavy atom. The highest BCUT2D eigenvalue weighted by Crippen LogP contribution is 2.43. The number of aryl methyl sites for hydroxylation is 2. The first-order valence-electron chi connectivity index (χ1n) is 10.5. The first-order valence-corrected chi connectivity index (χ1v) is 10.5. The average Bonchev–Trinajstić information content (AvgIpc) is 3.06. The third-order valence-corrected chi connectivity index (χ3v) is 6.69. The fourth-order valence-corrected chi connectivity index (χ4v) is 5.17. The largest absolute Gasteiger partial charge is 0.348 e. The van der Waals surface area contributed by atoms with E-state index in [1.807, 2.05) is 25.2 Å². The Labute approximate surface area is 165 Å². The molecule has 7 heteroatoms. The Morgan fingerprint density at radius 3 is 2.82 bits per heavy atom. The number of piperidine rings is 1. The molecule has 3 aliphatic rings. The third kappa shape index (κ3) is 2.79. The van der Waals surface area contributed by atoms with Gasteiger partial charge in [0.2, 0.25) is 11.9 Å². The molecule has 28 heavy (non-hydrogen) atoms. The van der Waals surface area contributed by atoms with Crippen LogP contribution in [0.5, 0.6) is 0 Å². The van der Waals surface area contributed by atoms with E-state index < -0.39 is 0 Å². The molecule has 2 aliphatic carbocycles. The summed E-state index contributed by atoms with van der Waals surface area (Å²) in [7, 11) is 3.83. The summed E-state index contributed by atoms with van der Waals surface area (Å²) in [4.78, 5) is 34.3. The van der Waals surface area contributed by atoms with Gasteiger partial charge >= 0.3 is 0 Å². The van der Waals surface area contributed by atoms with E-state index in [-0.39, 0.29) is 11.0 Å². The first-order chi connectivity index (χ1) is 13.6. The van der Waals surface area contributed by atoms with Crippen LogP contribution < -0.4 is 15.4 Å². The second-order valence-electron chi connectivity index (χ2n) is 8.77. The Balaban J connectivity index is 1.50. The van der Waals surface area contributed by atoms with Crippen molar-refractivity contribution in [3.63, 3.8) is 0 Å². The smallest absolute Gasteiger partial charge is 0.255 e. The topological polar surface area (TPSA) is 78.0 Å². The molecule has 0 radical (unpaired) electrons. The fraction of sp³-hybridized carbons (Fsp3) is 0.619. The van der Waals surface area contributed by atoms with Gasteiger partial charge in [-0.25, -0.2) is 15.0 Å². The highest BCUT2D eigenvalue weighted by Gasteiger charge is 2.45. The molecule has 0 bridgehead atoms. The molecule has 1 unspecified atom stereocenters. The molecular formula is C21H28N6O. The predicted molar refractivity (Wildman–Crippen MR) is 109 cm³/mol. The SMILES string of the molecule is CN(C)c1nc2c(c(=O)[nH]1)CCC21CCCN(c2ncc3c(n2)CCCC3)C1. The molecule has 0 saturated carbocycles. The summed E-state index contributed by atoms with van der Waals surface area (Å²) < 4.78 is 0. The zero-order valence-electron chi connectivity index (χ0n) is 16.8. The van der Waals surface area contributed by atoms with Crippen LogP contribution in [-0.2, 0) is 24.7 Å². The standard InChI is InChI=1S/C21H28N6O/c1-26(2)20-24-17-15(18(28)25-20)8-10-21(17)9-5-11-27(13-21)19-22-12-14-6-3-4-7-16(14)23-19/h12H,3-11,13H2,1-2H3,(H,24,25,28). The summed E-state index contributed by atoms with van der Waals surface area (Å²) in [5.41, 5.74) is 4.38. The van der Waals surface area contributed by atoms with Gasteiger partial charge in [-0.2, -0.15) is 0 Å². The van der Waals surface area contributed by atoms with Gasteiger partial charge in [-0.05, 0) is 56.9 Å². The quantitative estimate of drug-likeness (QED) is 0.859. The molecule has 0 aromatic carbocycles. The highest BCUT2D eigenvalue weighted by molar-refractivity contribution is 5.43. The number of hydrogen-bond donors (Lipinski definition) is 1. The molecule has 2 aromatic heterocycles. The van der Waals surface area contributed by atoms with E-state index >= 15 is 0 Å². The van der Waals surface area contributed by atoms with E-state index in [4.69, 9.17) is 15.0 Å². The molecule has 1 N–H and O–H groups in total. The van der Waals surface area contributed by atoms with Crippen LogP contribution in [0.3, 0.4) is 0 Å². The molecule has 3 heterocycles. The van der Waals surface area contributed by atoms with Gasteiger partial charge in [-0.1, -0.05) is 0 Å². The van der Waals surface area contributed by atoms with Crippen LogP contribution in [0, 0.1) is 0 Å². The number of fused-ring (bicyclic) bond motifs is 3. The van der Waals surface area contributed by atoms with E-state index in [0.717, 1.165) is 68.8 Å². The molecule has 1 fully saturated rings. The number of nitrogens with one attached hydrogen (secondary N) is 1. The van der Waals surface area contributed by atoms with Crippen molar-refractivity contribution in [1.29, 1.82) is 0 Å². The zero-order valence-corrected chi connectivity index (χ0v) is 16.8. The number of nitrogens with zero attached hydrogens (tertiary/aromatic N) is 5. The summed E-state index contributed by atoms with van der Waals surface area (Å²) in [5.74, 6) is 1.50. The number of H-pyrrole nitrogens is 1. The molecule has 5 rings (SSSR count). The normalized spacial score (nSPS) is 23.6.